The maximum absolute atomic E-state index is 13.1. The van der Waals surface area contributed by atoms with Gasteiger partial charge in [0.2, 0.25) is 10.0 Å². The van der Waals surface area contributed by atoms with Gasteiger partial charge in [-0.2, -0.15) is 4.31 Å². The molecule has 170 valence electrons. The first-order chi connectivity index (χ1) is 15.8. The van der Waals surface area contributed by atoms with Crippen LogP contribution < -0.4 is 0 Å². The third-order valence-corrected chi connectivity index (χ3v) is 8.41. The molecule has 0 spiro atoms. The fourth-order valence-electron chi connectivity index (χ4n) is 5.13. The summed E-state index contributed by atoms with van der Waals surface area (Å²) in [5.74, 6) is 0.181. The molecule has 2 atom stereocenters. The minimum Gasteiger partial charge on any atom is -0.449 e. The average molecular weight is 462 g/mol. The molecule has 1 heterocycles. The fourth-order valence-corrected chi connectivity index (χ4v) is 6.81. The van der Waals surface area contributed by atoms with E-state index in [-0.39, 0.29) is 4.90 Å². The number of hydrogen-bond donors (Lipinski definition) is 0. The third-order valence-electron chi connectivity index (χ3n) is 6.56. The van der Waals surface area contributed by atoms with Crippen LogP contribution in [0.15, 0.2) is 77.7 Å². The lowest BCUT2D eigenvalue weighted by molar-refractivity contribution is 0.0385. The molecule has 5 rings (SSSR count). The van der Waals surface area contributed by atoms with Gasteiger partial charge in [0.1, 0.15) is 0 Å². The lowest BCUT2D eigenvalue weighted by Gasteiger charge is -2.34. The molecule has 0 unspecified atom stereocenters. The van der Waals surface area contributed by atoms with E-state index in [1.807, 2.05) is 48.5 Å². The molecule has 0 aromatic heterocycles. The lowest BCUT2D eigenvalue weighted by atomic mass is 9.94. The molecular formula is C27H27NO4S. The van der Waals surface area contributed by atoms with Crippen molar-refractivity contribution in [1.82, 2.24) is 4.31 Å². The highest BCUT2D eigenvalue weighted by Gasteiger charge is 2.33. The Kier molecular flexibility index (Phi) is 5.59. The highest BCUT2D eigenvalue weighted by molar-refractivity contribution is 7.89. The van der Waals surface area contributed by atoms with Gasteiger partial charge in [-0.25, -0.2) is 13.2 Å². The van der Waals surface area contributed by atoms with Crippen molar-refractivity contribution in [3.63, 3.8) is 0 Å². The first-order valence-electron chi connectivity index (χ1n) is 11.3. The largest absolute Gasteiger partial charge is 0.449 e. The van der Waals surface area contributed by atoms with Crippen molar-refractivity contribution in [2.45, 2.75) is 31.3 Å². The van der Waals surface area contributed by atoms with Crippen LogP contribution in [0, 0.1) is 11.8 Å². The molecule has 33 heavy (non-hydrogen) atoms. The topological polar surface area (TPSA) is 63.7 Å². The minimum atomic E-state index is -3.59. The summed E-state index contributed by atoms with van der Waals surface area (Å²) in [4.78, 5) is 13.2. The number of esters is 1. The maximum Gasteiger partial charge on any atom is 0.339 e. The molecule has 0 saturated carbocycles. The first-order valence-corrected chi connectivity index (χ1v) is 12.8. The van der Waals surface area contributed by atoms with E-state index in [1.165, 1.54) is 12.1 Å². The summed E-state index contributed by atoms with van der Waals surface area (Å²) in [6.45, 7) is 5.21. The van der Waals surface area contributed by atoms with E-state index in [9.17, 15) is 13.2 Å². The molecule has 0 radical (unpaired) electrons. The Balaban J connectivity index is 1.37. The van der Waals surface area contributed by atoms with Crippen LogP contribution in [0.25, 0.3) is 11.1 Å². The number of sulfonamides is 1. The van der Waals surface area contributed by atoms with E-state index in [0.717, 1.165) is 28.7 Å². The Hall–Kier alpha value is -2.96. The number of rotatable bonds is 4. The van der Waals surface area contributed by atoms with Gasteiger partial charge in [-0.05, 0) is 53.6 Å². The van der Waals surface area contributed by atoms with Gasteiger partial charge in [0, 0.05) is 24.2 Å². The summed E-state index contributed by atoms with van der Waals surface area (Å²) >= 11 is 0. The highest BCUT2D eigenvalue weighted by atomic mass is 32.2. The van der Waals surface area contributed by atoms with Crippen LogP contribution in [0.3, 0.4) is 0 Å². The van der Waals surface area contributed by atoms with Crippen LogP contribution in [0.2, 0.25) is 0 Å². The molecular weight excluding hydrogens is 434 g/mol. The van der Waals surface area contributed by atoms with Crippen molar-refractivity contribution >= 4 is 16.0 Å². The highest BCUT2D eigenvalue weighted by Crippen LogP contribution is 2.45. The van der Waals surface area contributed by atoms with E-state index >= 15 is 0 Å². The molecule has 3 aromatic rings. The van der Waals surface area contributed by atoms with Gasteiger partial charge in [-0.1, -0.05) is 62.4 Å². The molecule has 6 heteroatoms. The molecule has 0 amide bonds. The van der Waals surface area contributed by atoms with Crippen LogP contribution in [0.4, 0.5) is 0 Å². The number of nitrogens with zero attached hydrogens (tertiary/aromatic N) is 1. The second-order valence-electron chi connectivity index (χ2n) is 9.25. The van der Waals surface area contributed by atoms with Gasteiger partial charge in [0.25, 0.3) is 0 Å². The molecule has 5 nitrogen and oxygen atoms in total. The van der Waals surface area contributed by atoms with Crippen LogP contribution in [-0.4, -0.2) is 31.8 Å². The molecule has 1 saturated heterocycles. The lowest BCUT2D eigenvalue weighted by Crippen LogP contribution is -2.42. The predicted molar refractivity (Wildman–Crippen MR) is 127 cm³/mol. The molecule has 0 N–H and O–H groups in total. The standard InChI is InChI=1S/C27H27NO4S/c1-18-15-19(2)17-28(16-18)33(30,31)21-13-11-20(12-14-21)27(29)32-26-24-9-5-3-7-22(24)23-8-4-6-10-25(23)26/h3-14,18-19,26H,15-17H2,1-2H3/t18-,19-/m1/s1. The Morgan fingerprint density at radius 3 is 1.88 bits per heavy atom. The van der Waals surface area contributed by atoms with E-state index < -0.39 is 22.1 Å². The Morgan fingerprint density at radius 2 is 1.33 bits per heavy atom. The molecule has 3 aromatic carbocycles. The van der Waals surface area contributed by atoms with E-state index in [4.69, 9.17) is 4.74 Å². The zero-order chi connectivity index (χ0) is 23.2. The number of piperidine rings is 1. The third kappa shape index (κ3) is 3.98. The van der Waals surface area contributed by atoms with Crippen molar-refractivity contribution in [2.75, 3.05) is 13.1 Å². The summed E-state index contributed by atoms with van der Waals surface area (Å²) < 4.78 is 33.7. The Morgan fingerprint density at radius 1 is 0.818 bits per heavy atom. The molecule has 1 aliphatic carbocycles. The minimum absolute atomic E-state index is 0.205. The SMILES string of the molecule is C[C@@H]1C[C@@H](C)CN(S(=O)(=O)c2ccc(C(=O)OC3c4ccccc4-c4ccccc43)cc2)C1. The second-order valence-corrected chi connectivity index (χ2v) is 11.2. The van der Waals surface area contributed by atoms with Gasteiger partial charge >= 0.3 is 5.97 Å². The summed E-state index contributed by atoms with van der Waals surface area (Å²) in [5, 5.41) is 0. The van der Waals surface area contributed by atoms with E-state index in [0.29, 0.717) is 30.5 Å². The Bertz CT molecular complexity index is 1240. The Labute approximate surface area is 195 Å². The number of ether oxygens (including phenoxy) is 1. The second kappa shape index (κ2) is 8.43. The summed E-state index contributed by atoms with van der Waals surface area (Å²) in [6, 6.07) is 21.9. The monoisotopic (exact) mass is 461 g/mol. The summed E-state index contributed by atoms with van der Waals surface area (Å²) in [7, 11) is -3.59. The first kappa shape index (κ1) is 21.9. The average Bonchev–Trinajstić information content (AvgIpc) is 3.12. The quantitative estimate of drug-likeness (QED) is 0.496. The van der Waals surface area contributed by atoms with Crippen molar-refractivity contribution in [3.05, 3.63) is 89.5 Å². The zero-order valence-electron chi connectivity index (χ0n) is 18.8. The van der Waals surface area contributed by atoms with Crippen LogP contribution in [-0.2, 0) is 14.8 Å². The van der Waals surface area contributed by atoms with Crippen molar-refractivity contribution in [3.8, 4) is 11.1 Å². The predicted octanol–water partition coefficient (Wildman–Crippen LogP) is 5.28. The molecule has 1 fully saturated rings. The van der Waals surface area contributed by atoms with Gasteiger partial charge in [-0.15, -0.1) is 0 Å². The van der Waals surface area contributed by atoms with Crippen molar-refractivity contribution in [1.29, 1.82) is 0 Å². The number of hydrogen-bond acceptors (Lipinski definition) is 4. The summed E-state index contributed by atoms with van der Waals surface area (Å²) in [6.07, 6.45) is 0.550. The smallest absolute Gasteiger partial charge is 0.339 e. The molecule has 1 aliphatic heterocycles. The normalized spacial score (nSPS) is 20.8. The van der Waals surface area contributed by atoms with Crippen LogP contribution in [0.1, 0.15) is 47.9 Å². The number of benzene rings is 3. The zero-order valence-corrected chi connectivity index (χ0v) is 19.6. The number of carbonyl (C=O) groups excluding carboxylic acids is 1. The maximum atomic E-state index is 13.1. The van der Waals surface area contributed by atoms with Gasteiger partial charge in [-0.3, -0.25) is 0 Å². The number of fused-ring (bicyclic) bond motifs is 3. The van der Waals surface area contributed by atoms with Crippen molar-refractivity contribution in [2.24, 2.45) is 11.8 Å². The van der Waals surface area contributed by atoms with Gasteiger partial charge in [0.05, 0.1) is 10.5 Å². The van der Waals surface area contributed by atoms with Crippen molar-refractivity contribution < 1.29 is 17.9 Å². The van der Waals surface area contributed by atoms with Crippen LogP contribution >= 0.6 is 0 Å². The van der Waals surface area contributed by atoms with E-state index in [1.54, 1.807) is 16.4 Å². The summed E-state index contributed by atoms with van der Waals surface area (Å²) in [5.41, 5.74) is 4.38. The van der Waals surface area contributed by atoms with E-state index in [2.05, 4.69) is 13.8 Å². The van der Waals surface area contributed by atoms with Crippen LogP contribution in [0.5, 0.6) is 0 Å². The molecule has 2 aliphatic rings. The van der Waals surface area contributed by atoms with Gasteiger partial charge in [0.15, 0.2) is 6.10 Å². The number of carbonyl (C=O) groups is 1. The fraction of sp³-hybridized carbons (Fsp3) is 0.296. The van der Waals surface area contributed by atoms with Gasteiger partial charge < -0.3 is 4.74 Å². The molecule has 0 bridgehead atoms.